The highest BCUT2D eigenvalue weighted by molar-refractivity contribution is 4.75. The van der Waals surface area contributed by atoms with Gasteiger partial charge in [0.1, 0.15) is 0 Å². The summed E-state index contributed by atoms with van der Waals surface area (Å²) in [5.41, 5.74) is -0.00136. The van der Waals surface area contributed by atoms with Crippen LogP contribution in [0, 0.1) is 0 Å². The average Bonchev–Trinajstić information content (AvgIpc) is 2.04. The van der Waals surface area contributed by atoms with Crippen LogP contribution in [0.25, 0.3) is 0 Å². The lowest BCUT2D eigenvalue weighted by atomic mass is 10.00. The Morgan fingerprint density at radius 3 is 2.46 bits per heavy atom. The summed E-state index contributed by atoms with van der Waals surface area (Å²) in [7, 11) is 1.78. The molecule has 2 nitrogen and oxygen atoms in total. The lowest BCUT2D eigenvalue weighted by Gasteiger charge is -2.27. The number of nitrogens with one attached hydrogen (secondary N) is 1. The van der Waals surface area contributed by atoms with Crippen LogP contribution in [-0.4, -0.2) is 25.3 Å². The van der Waals surface area contributed by atoms with Gasteiger partial charge in [0.15, 0.2) is 0 Å². The van der Waals surface area contributed by atoms with Gasteiger partial charge in [-0.2, -0.15) is 0 Å². The fraction of sp³-hybridized carbons (Fsp3) is 1.00. The lowest BCUT2D eigenvalue weighted by Crippen LogP contribution is -2.36. The second-order valence-corrected chi connectivity index (χ2v) is 4.38. The lowest BCUT2D eigenvalue weighted by molar-refractivity contribution is 0.00860. The van der Waals surface area contributed by atoms with Crippen molar-refractivity contribution in [2.75, 3.05) is 13.7 Å². The fourth-order valence-corrected chi connectivity index (χ4v) is 1.42. The topological polar surface area (TPSA) is 21.3 Å². The molecule has 0 aliphatic carbocycles. The molecule has 0 aromatic heterocycles. The third kappa shape index (κ3) is 7.03. The number of hydrogen-bond acceptors (Lipinski definition) is 2. The summed E-state index contributed by atoms with van der Waals surface area (Å²) in [6.07, 6.45) is 3.58. The van der Waals surface area contributed by atoms with Crippen LogP contribution < -0.4 is 5.32 Å². The van der Waals surface area contributed by atoms with Crippen LogP contribution in [0.4, 0.5) is 0 Å². The van der Waals surface area contributed by atoms with E-state index in [1.165, 1.54) is 12.8 Å². The molecule has 80 valence electrons. The Hall–Kier alpha value is -0.0800. The Morgan fingerprint density at radius 1 is 1.38 bits per heavy atom. The molecule has 0 fully saturated rings. The first-order valence-corrected chi connectivity index (χ1v) is 5.30. The van der Waals surface area contributed by atoms with Crippen molar-refractivity contribution < 1.29 is 4.74 Å². The van der Waals surface area contributed by atoms with Crippen molar-refractivity contribution >= 4 is 0 Å². The standard InChI is InChI=1S/C11H25NO/c1-6-7-8-12-10(2)9-11(3,4)13-5/h10,12H,6-9H2,1-5H3. The van der Waals surface area contributed by atoms with Crippen molar-refractivity contribution in [3.05, 3.63) is 0 Å². The van der Waals surface area contributed by atoms with Gasteiger partial charge >= 0.3 is 0 Å². The van der Waals surface area contributed by atoms with Gasteiger partial charge in [0.2, 0.25) is 0 Å². The Bertz CT molecular complexity index is 123. The Labute approximate surface area is 83.1 Å². The maximum Gasteiger partial charge on any atom is 0.0637 e. The zero-order valence-corrected chi connectivity index (χ0v) is 9.81. The second-order valence-electron chi connectivity index (χ2n) is 4.38. The molecule has 13 heavy (non-hydrogen) atoms. The number of hydrogen-bond donors (Lipinski definition) is 1. The zero-order valence-electron chi connectivity index (χ0n) is 9.81. The minimum atomic E-state index is -0.00136. The van der Waals surface area contributed by atoms with E-state index in [9.17, 15) is 0 Å². The van der Waals surface area contributed by atoms with E-state index in [-0.39, 0.29) is 5.60 Å². The van der Waals surface area contributed by atoms with Crippen LogP contribution in [0.5, 0.6) is 0 Å². The zero-order chi connectivity index (χ0) is 10.3. The number of ether oxygens (including phenoxy) is 1. The molecular weight excluding hydrogens is 162 g/mol. The molecule has 0 saturated carbocycles. The van der Waals surface area contributed by atoms with E-state index in [0.29, 0.717) is 6.04 Å². The van der Waals surface area contributed by atoms with Crippen molar-refractivity contribution in [3.63, 3.8) is 0 Å². The highest BCUT2D eigenvalue weighted by atomic mass is 16.5. The van der Waals surface area contributed by atoms with Gasteiger partial charge < -0.3 is 10.1 Å². The Kier molecular flexibility index (Phi) is 6.35. The molecule has 1 unspecified atom stereocenters. The van der Waals surface area contributed by atoms with Crippen molar-refractivity contribution in [3.8, 4) is 0 Å². The third-order valence-electron chi connectivity index (χ3n) is 2.37. The fourth-order valence-electron chi connectivity index (χ4n) is 1.42. The van der Waals surface area contributed by atoms with E-state index < -0.39 is 0 Å². The van der Waals surface area contributed by atoms with Crippen LogP contribution in [0.2, 0.25) is 0 Å². The van der Waals surface area contributed by atoms with E-state index >= 15 is 0 Å². The first kappa shape index (κ1) is 12.9. The molecule has 0 bridgehead atoms. The quantitative estimate of drug-likeness (QED) is 0.619. The van der Waals surface area contributed by atoms with Crippen LogP contribution in [-0.2, 0) is 4.74 Å². The van der Waals surface area contributed by atoms with E-state index in [1.54, 1.807) is 7.11 Å². The molecule has 0 spiro atoms. The average molecular weight is 187 g/mol. The van der Waals surface area contributed by atoms with Gasteiger partial charge in [-0.15, -0.1) is 0 Å². The van der Waals surface area contributed by atoms with Gasteiger partial charge in [0.05, 0.1) is 5.60 Å². The predicted molar refractivity (Wildman–Crippen MR) is 58.1 cm³/mol. The molecule has 0 rings (SSSR count). The van der Waals surface area contributed by atoms with Gasteiger partial charge in [-0.25, -0.2) is 0 Å². The largest absolute Gasteiger partial charge is 0.379 e. The summed E-state index contributed by atoms with van der Waals surface area (Å²) in [6, 6.07) is 0.543. The van der Waals surface area contributed by atoms with Gasteiger partial charge in [0, 0.05) is 13.2 Å². The molecule has 0 aliphatic heterocycles. The summed E-state index contributed by atoms with van der Waals surface area (Å²) >= 11 is 0. The molecule has 0 radical (unpaired) electrons. The number of unbranched alkanes of at least 4 members (excludes halogenated alkanes) is 1. The summed E-state index contributed by atoms with van der Waals surface area (Å²) in [5.74, 6) is 0. The van der Waals surface area contributed by atoms with Crippen LogP contribution in [0.1, 0.15) is 47.0 Å². The molecule has 0 saturated heterocycles. The van der Waals surface area contributed by atoms with Crippen LogP contribution in [0.15, 0.2) is 0 Å². The summed E-state index contributed by atoms with van der Waals surface area (Å²) in [5, 5.41) is 3.49. The van der Waals surface area contributed by atoms with E-state index in [1.807, 2.05) is 0 Å². The minimum Gasteiger partial charge on any atom is -0.379 e. The Morgan fingerprint density at radius 2 is 2.00 bits per heavy atom. The smallest absolute Gasteiger partial charge is 0.0637 e. The molecule has 2 heteroatoms. The van der Waals surface area contributed by atoms with Crippen molar-refractivity contribution in [2.24, 2.45) is 0 Å². The third-order valence-corrected chi connectivity index (χ3v) is 2.37. The predicted octanol–water partition coefficient (Wildman–Crippen LogP) is 2.58. The maximum atomic E-state index is 5.37. The molecule has 0 aliphatic rings. The van der Waals surface area contributed by atoms with E-state index in [0.717, 1.165) is 13.0 Å². The summed E-state index contributed by atoms with van der Waals surface area (Å²) < 4.78 is 5.37. The van der Waals surface area contributed by atoms with Gasteiger partial charge in [-0.05, 0) is 40.2 Å². The van der Waals surface area contributed by atoms with Gasteiger partial charge in [-0.1, -0.05) is 13.3 Å². The van der Waals surface area contributed by atoms with Crippen molar-refractivity contribution in [2.45, 2.75) is 58.6 Å². The van der Waals surface area contributed by atoms with Crippen molar-refractivity contribution in [1.29, 1.82) is 0 Å². The first-order valence-electron chi connectivity index (χ1n) is 5.30. The van der Waals surface area contributed by atoms with Crippen LogP contribution >= 0.6 is 0 Å². The maximum absolute atomic E-state index is 5.37. The molecule has 0 amide bonds. The molecule has 0 aromatic rings. The first-order chi connectivity index (χ1) is 6.02. The van der Waals surface area contributed by atoms with Gasteiger partial charge in [0.25, 0.3) is 0 Å². The minimum absolute atomic E-state index is 0.00136. The number of methoxy groups -OCH3 is 1. The Balaban J connectivity index is 3.55. The van der Waals surface area contributed by atoms with E-state index in [4.69, 9.17) is 4.74 Å². The molecule has 0 heterocycles. The summed E-state index contributed by atoms with van der Waals surface area (Å²) in [6.45, 7) is 9.81. The molecule has 1 atom stereocenters. The molecule has 0 aromatic carbocycles. The summed E-state index contributed by atoms with van der Waals surface area (Å²) in [4.78, 5) is 0. The van der Waals surface area contributed by atoms with Gasteiger partial charge in [-0.3, -0.25) is 0 Å². The van der Waals surface area contributed by atoms with Crippen molar-refractivity contribution in [1.82, 2.24) is 5.32 Å². The van der Waals surface area contributed by atoms with Crippen LogP contribution in [0.3, 0.4) is 0 Å². The highest BCUT2D eigenvalue weighted by Crippen LogP contribution is 2.15. The molecular formula is C11H25NO. The normalized spacial score (nSPS) is 14.5. The molecule has 1 N–H and O–H groups in total. The monoisotopic (exact) mass is 187 g/mol. The van der Waals surface area contributed by atoms with E-state index in [2.05, 4.69) is 33.0 Å². The second kappa shape index (κ2) is 6.39. The SMILES string of the molecule is CCCCNC(C)CC(C)(C)OC. The highest BCUT2D eigenvalue weighted by Gasteiger charge is 2.19. The number of rotatable bonds is 7.